The Morgan fingerprint density at radius 1 is 1.00 bits per heavy atom. The highest BCUT2D eigenvalue weighted by molar-refractivity contribution is 8.00. The van der Waals surface area contributed by atoms with Crippen LogP contribution in [-0.4, -0.2) is 22.5 Å². The first-order valence-corrected chi connectivity index (χ1v) is 8.36. The lowest BCUT2D eigenvalue weighted by Crippen LogP contribution is -1.89. The smallest absolute Gasteiger partial charge is 0.166 e. The molecule has 1 aromatic heterocycles. The zero-order valence-corrected chi connectivity index (χ0v) is 12.4. The van der Waals surface area contributed by atoms with Crippen molar-refractivity contribution in [2.75, 3.05) is 12.5 Å². The SMILES string of the molecule is CSc1nc(SC)[s+]c(-c2ccc(C)cc2)n1. The summed E-state index contributed by atoms with van der Waals surface area (Å²) in [5.74, 6) is 0. The van der Waals surface area contributed by atoms with E-state index < -0.39 is 0 Å². The maximum atomic E-state index is 4.56. The predicted molar refractivity (Wildman–Crippen MR) is 78.1 cm³/mol. The summed E-state index contributed by atoms with van der Waals surface area (Å²) in [4.78, 5) is 9.00. The van der Waals surface area contributed by atoms with Gasteiger partial charge in [0.05, 0.1) is 5.56 Å². The van der Waals surface area contributed by atoms with Gasteiger partial charge in [0.25, 0.3) is 11.3 Å². The van der Waals surface area contributed by atoms with Gasteiger partial charge in [0.1, 0.15) is 0 Å². The van der Waals surface area contributed by atoms with Crippen LogP contribution in [0.4, 0.5) is 0 Å². The minimum atomic E-state index is 0.837. The van der Waals surface area contributed by atoms with Gasteiger partial charge in [-0.1, -0.05) is 29.5 Å². The molecule has 88 valence electrons. The highest BCUT2D eigenvalue weighted by atomic mass is 32.2. The summed E-state index contributed by atoms with van der Waals surface area (Å²) in [6, 6.07) is 8.45. The van der Waals surface area contributed by atoms with Gasteiger partial charge in [-0.15, -0.1) is 0 Å². The van der Waals surface area contributed by atoms with Gasteiger partial charge < -0.3 is 0 Å². The van der Waals surface area contributed by atoms with E-state index in [0.29, 0.717) is 0 Å². The van der Waals surface area contributed by atoms with Gasteiger partial charge >= 0.3 is 9.35 Å². The van der Waals surface area contributed by atoms with Crippen molar-refractivity contribution in [1.29, 1.82) is 0 Å². The Hall–Kier alpha value is -0.650. The van der Waals surface area contributed by atoms with E-state index >= 15 is 0 Å². The van der Waals surface area contributed by atoms with Crippen LogP contribution in [0, 0.1) is 6.92 Å². The van der Waals surface area contributed by atoms with E-state index in [1.54, 1.807) is 34.9 Å². The molecular formula is C12H13N2S3+. The van der Waals surface area contributed by atoms with E-state index in [1.807, 2.05) is 12.5 Å². The van der Waals surface area contributed by atoms with Gasteiger partial charge in [-0.05, 0) is 43.3 Å². The highest BCUT2D eigenvalue weighted by Crippen LogP contribution is 2.29. The molecule has 1 heterocycles. The molecule has 0 N–H and O–H groups in total. The Morgan fingerprint density at radius 2 is 1.71 bits per heavy atom. The van der Waals surface area contributed by atoms with Crippen molar-refractivity contribution in [1.82, 2.24) is 9.97 Å². The van der Waals surface area contributed by atoms with Crippen LogP contribution >= 0.6 is 34.9 Å². The third-order valence-corrected chi connectivity index (χ3v) is 4.75. The van der Waals surface area contributed by atoms with Crippen molar-refractivity contribution in [3.63, 3.8) is 0 Å². The topological polar surface area (TPSA) is 25.8 Å². The summed E-state index contributed by atoms with van der Waals surface area (Å²) in [5, 5.41) is 1.87. The molecule has 0 fully saturated rings. The maximum Gasteiger partial charge on any atom is 0.363 e. The van der Waals surface area contributed by atoms with E-state index in [2.05, 4.69) is 41.2 Å². The Balaban J connectivity index is 2.46. The molecule has 2 aromatic rings. The van der Waals surface area contributed by atoms with Crippen molar-refractivity contribution in [2.45, 2.75) is 16.4 Å². The molecule has 0 atom stereocenters. The minimum absolute atomic E-state index is 0.837. The molecule has 5 heteroatoms. The van der Waals surface area contributed by atoms with Crippen molar-refractivity contribution < 1.29 is 0 Å². The Morgan fingerprint density at radius 3 is 2.29 bits per heavy atom. The lowest BCUT2D eigenvalue weighted by atomic mass is 10.2. The van der Waals surface area contributed by atoms with E-state index in [1.165, 1.54) is 5.56 Å². The van der Waals surface area contributed by atoms with E-state index in [0.717, 1.165) is 20.1 Å². The molecule has 2 rings (SSSR count). The number of hydrogen-bond acceptors (Lipinski definition) is 4. The largest absolute Gasteiger partial charge is 0.363 e. The number of thioether (sulfide) groups is 2. The summed E-state index contributed by atoms with van der Waals surface area (Å²) >= 11 is 4.88. The summed E-state index contributed by atoms with van der Waals surface area (Å²) < 4.78 is 1.06. The monoisotopic (exact) mass is 281 g/mol. The number of nitrogens with zero attached hydrogens (tertiary/aromatic N) is 2. The maximum absolute atomic E-state index is 4.56. The van der Waals surface area contributed by atoms with E-state index in [4.69, 9.17) is 0 Å². The molecule has 0 spiro atoms. The zero-order chi connectivity index (χ0) is 12.3. The average molecular weight is 281 g/mol. The Kier molecular flexibility index (Phi) is 4.36. The number of aromatic nitrogens is 2. The molecule has 0 saturated heterocycles. The van der Waals surface area contributed by atoms with Crippen molar-refractivity contribution in [3.05, 3.63) is 29.8 Å². The van der Waals surface area contributed by atoms with Gasteiger partial charge in [-0.25, -0.2) is 0 Å². The molecule has 0 radical (unpaired) electrons. The molecule has 0 unspecified atom stereocenters. The first-order valence-electron chi connectivity index (χ1n) is 5.10. The number of rotatable bonds is 3. The summed E-state index contributed by atoms with van der Waals surface area (Å²) in [6.07, 6.45) is 4.05. The molecule has 2 nitrogen and oxygen atoms in total. The van der Waals surface area contributed by atoms with Crippen molar-refractivity contribution >= 4 is 34.9 Å². The van der Waals surface area contributed by atoms with Crippen LogP contribution in [-0.2, 0) is 0 Å². The Bertz CT molecular complexity index is 489. The lowest BCUT2D eigenvalue weighted by Gasteiger charge is -1.96. The van der Waals surface area contributed by atoms with Crippen LogP contribution in [0.2, 0.25) is 0 Å². The third kappa shape index (κ3) is 3.18. The molecule has 0 saturated carbocycles. The van der Waals surface area contributed by atoms with Crippen molar-refractivity contribution in [3.8, 4) is 10.6 Å². The van der Waals surface area contributed by atoms with Gasteiger partial charge in [-0.2, -0.15) is 9.97 Å². The second kappa shape index (κ2) is 5.80. The number of benzene rings is 1. The van der Waals surface area contributed by atoms with Gasteiger partial charge in [0, 0.05) is 0 Å². The first kappa shape index (κ1) is 12.8. The number of aryl methyl sites for hydroxylation is 1. The summed E-state index contributed by atoms with van der Waals surface area (Å²) in [7, 11) is 0. The van der Waals surface area contributed by atoms with E-state index in [-0.39, 0.29) is 0 Å². The molecule has 0 aliphatic heterocycles. The standard InChI is InChI=1S/C12H13N2S3/c1-8-4-6-9(7-5-8)10-13-11(15-2)14-12(16-3)17-10/h4-7H,1-3H3/q+1. The predicted octanol–water partition coefficient (Wildman–Crippen LogP) is 4.24. The van der Waals surface area contributed by atoms with Crippen LogP contribution < -0.4 is 0 Å². The third-order valence-electron chi connectivity index (χ3n) is 2.22. The summed E-state index contributed by atoms with van der Waals surface area (Å²) in [5.41, 5.74) is 2.43. The van der Waals surface area contributed by atoms with Gasteiger partial charge in [0.15, 0.2) is 5.16 Å². The van der Waals surface area contributed by atoms with Crippen LogP contribution in [0.1, 0.15) is 5.56 Å². The second-order valence-corrected chi connectivity index (χ2v) is 6.26. The van der Waals surface area contributed by atoms with Crippen LogP contribution in [0.3, 0.4) is 0 Å². The molecule has 17 heavy (non-hydrogen) atoms. The number of hydrogen-bond donors (Lipinski definition) is 0. The van der Waals surface area contributed by atoms with Gasteiger partial charge in [0.2, 0.25) is 0 Å². The first-order chi connectivity index (χ1) is 8.22. The quantitative estimate of drug-likeness (QED) is 0.621. The van der Waals surface area contributed by atoms with Crippen LogP contribution in [0.15, 0.2) is 33.8 Å². The van der Waals surface area contributed by atoms with Crippen molar-refractivity contribution in [2.24, 2.45) is 0 Å². The normalized spacial score (nSPS) is 10.5. The minimum Gasteiger partial charge on any atom is -0.166 e. The molecular weight excluding hydrogens is 268 g/mol. The zero-order valence-electron chi connectivity index (χ0n) is 9.93. The molecule has 0 amide bonds. The molecule has 0 bridgehead atoms. The second-order valence-electron chi connectivity index (χ2n) is 3.45. The molecule has 1 aromatic carbocycles. The van der Waals surface area contributed by atoms with Crippen LogP contribution in [0.5, 0.6) is 0 Å². The van der Waals surface area contributed by atoms with Crippen LogP contribution in [0.25, 0.3) is 10.6 Å². The van der Waals surface area contributed by atoms with E-state index in [9.17, 15) is 0 Å². The lowest BCUT2D eigenvalue weighted by molar-refractivity contribution is 0.947. The fraction of sp³-hybridized carbons (Fsp3) is 0.250. The molecule has 0 aliphatic carbocycles. The highest BCUT2D eigenvalue weighted by Gasteiger charge is 2.19. The Labute approximate surface area is 114 Å². The average Bonchev–Trinajstić information content (AvgIpc) is 2.39. The van der Waals surface area contributed by atoms with Gasteiger partial charge in [-0.3, -0.25) is 0 Å². The summed E-state index contributed by atoms with van der Waals surface area (Å²) in [6.45, 7) is 2.09. The fourth-order valence-electron chi connectivity index (χ4n) is 1.32. The fourth-order valence-corrected chi connectivity index (χ4v) is 3.29. The molecule has 0 aliphatic rings.